The van der Waals surface area contributed by atoms with Gasteiger partial charge in [-0.15, -0.1) is 0 Å². The van der Waals surface area contributed by atoms with Gasteiger partial charge in [-0.3, -0.25) is 14.3 Å². The van der Waals surface area contributed by atoms with Gasteiger partial charge in [0, 0.05) is 30.9 Å². The van der Waals surface area contributed by atoms with Crippen molar-refractivity contribution in [3.05, 3.63) is 33.1 Å². The van der Waals surface area contributed by atoms with Crippen LogP contribution in [0.25, 0.3) is 0 Å². The van der Waals surface area contributed by atoms with E-state index < -0.39 is 42.3 Å². The highest BCUT2D eigenvalue weighted by atomic mass is 32.5. The van der Waals surface area contributed by atoms with Crippen LogP contribution in [0.5, 0.6) is 0 Å². The highest BCUT2D eigenvalue weighted by molar-refractivity contribution is 8.10. The molecular formula is C16H25N2O7PS. The number of hydrogen-bond donors (Lipinski definition) is 2. The van der Waals surface area contributed by atoms with Gasteiger partial charge in [-0.2, -0.15) is 0 Å². The standard InChI is InChI=1S/C16H25N2O7PS/c1-4-23-26(27,24-5-2)10-8-9(10)13-12(20)14(22-3)15(25-13)18-7-6-11(19)17-16(18)21/h6-7,9-10,12-15,20H,4-5,8H2,1-3H3,(H,17,19,21)/t9?,10?,12?,13-,14+,15-/m1/s1. The van der Waals surface area contributed by atoms with Crippen molar-refractivity contribution in [1.29, 1.82) is 0 Å². The molecule has 2 fully saturated rings. The maximum absolute atomic E-state index is 12.1. The van der Waals surface area contributed by atoms with Gasteiger partial charge < -0.3 is 23.6 Å². The van der Waals surface area contributed by atoms with Crippen LogP contribution in [0.15, 0.2) is 21.9 Å². The number of nitrogens with one attached hydrogen (secondary N) is 1. The Morgan fingerprint density at radius 2 is 2.04 bits per heavy atom. The van der Waals surface area contributed by atoms with Crippen molar-refractivity contribution < 1.29 is 23.6 Å². The van der Waals surface area contributed by atoms with Crippen molar-refractivity contribution in [3.8, 4) is 0 Å². The number of rotatable bonds is 8. The second-order valence-corrected chi connectivity index (χ2v) is 10.3. The zero-order valence-corrected chi connectivity index (χ0v) is 17.2. The summed E-state index contributed by atoms with van der Waals surface area (Å²) in [7, 11) is 1.44. The molecule has 3 unspecified atom stereocenters. The van der Waals surface area contributed by atoms with Gasteiger partial charge in [0.1, 0.15) is 12.2 Å². The number of methoxy groups -OCH3 is 1. The van der Waals surface area contributed by atoms with Crippen LogP contribution in [0.2, 0.25) is 0 Å². The molecule has 0 amide bonds. The number of hydrogen-bond acceptors (Lipinski definition) is 8. The molecule has 0 spiro atoms. The molecule has 1 aromatic rings. The molecule has 27 heavy (non-hydrogen) atoms. The molecule has 152 valence electrons. The van der Waals surface area contributed by atoms with E-state index in [1.807, 2.05) is 13.8 Å². The molecule has 2 aliphatic rings. The Morgan fingerprint density at radius 1 is 1.37 bits per heavy atom. The Balaban J connectivity index is 1.81. The number of aromatic amines is 1. The number of aliphatic hydroxyl groups excluding tert-OH is 1. The fourth-order valence-corrected chi connectivity index (χ4v) is 7.32. The lowest BCUT2D eigenvalue weighted by Gasteiger charge is -2.23. The van der Waals surface area contributed by atoms with Crippen molar-refractivity contribution in [3.63, 3.8) is 0 Å². The number of ether oxygens (including phenoxy) is 2. The predicted molar refractivity (Wildman–Crippen MR) is 101 cm³/mol. The Kier molecular flexibility index (Phi) is 6.37. The third-order valence-electron chi connectivity index (χ3n) is 4.90. The molecule has 3 rings (SSSR count). The first-order chi connectivity index (χ1) is 12.9. The summed E-state index contributed by atoms with van der Waals surface area (Å²) in [5.74, 6) is -0.0370. The number of H-pyrrole nitrogens is 1. The second-order valence-electron chi connectivity index (χ2n) is 6.54. The first kappa shape index (κ1) is 20.9. The zero-order chi connectivity index (χ0) is 19.8. The van der Waals surface area contributed by atoms with E-state index in [9.17, 15) is 14.7 Å². The van der Waals surface area contributed by atoms with E-state index in [-0.39, 0.29) is 11.6 Å². The minimum absolute atomic E-state index is 0.00407. The first-order valence-corrected chi connectivity index (χ1v) is 11.6. The molecule has 11 heteroatoms. The van der Waals surface area contributed by atoms with Crippen LogP contribution in [0.3, 0.4) is 0 Å². The molecule has 1 aromatic heterocycles. The average Bonchev–Trinajstić information content (AvgIpc) is 3.34. The Hall–Kier alpha value is -0.870. The fraction of sp³-hybridized carbons (Fsp3) is 0.750. The maximum Gasteiger partial charge on any atom is 0.330 e. The van der Waals surface area contributed by atoms with Crippen LogP contribution in [0, 0.1) is 5.92 Å². The lowest BCUT2D eigenvalue weighted by molar-refractivity contribution is -0.0572. The largest absolute Gasteiger partial charge is 0.387 e. The molecule has 0 bridgehead atoms. The minimum Gasteiger partial charge on any atom is -0.387 e. The molecule has 1 aliphatic heterocycles. The normalized spacial score (nSPS) is 33.3. The number of aromatic nitrogens is 2. The summed E-state index contributed by atoms with van der Waals surface area (Å²) in [4.78, 5) is 25.6. The van der Waals surface area contributed by atoms with Gasteiger partial charge in [0.05, 0.1) is 19.3 Å². The molecule has 1 saturated heterocycles. The van der Waals surface area contributed by atoms with Crippen molar-refractivity contribution in [2.45, 2.75) is 50.5 Å². The first-order valence-electron chi connectivity index (χ1n) is 8.92. The maximum atomic E-state index is 12.1. The van der Waals surface area contributed by atoms with Crippen LogP contribution in [-0.4, -0.2) is 59.0 Å². The summed E-state index contributed by atoms with van der Waals surface area (Å²) in [6, 6.07) is 1.22. The molecular weight excluding hydrogens is 395 g/mol. The highest BCUT2D eigenvalue weighted by Crippen LogP contribution is 2.67. The monoisotopic (exact) mass is 420 g/mol. The average molecular weight is 420 g/mol. The van der Waals surface area contributed by atoms with E-state index >= 15 is 0 Å². The molecule has 1 aliphatic carbocycles. The molecule has 2 N–H and O–H groups in total. The van der Waals surface area contributed by atoms with E-state index in [0.29, 0.717) is 13.2 Å². The molecule has 1 saturated carbocycles. The molecule has 0 radical (unpaired) electrons. The van der Waals surface area contributed by atoms with Crippen LogP contribution in [0.1, 0.15) is 26.5 Å². The van der Waals surface area contributed by atoms with Crippen molar-refractivity contribution in [2.24, 2.45) is 5.92 Å². The van der Waals surface area contributed by atoms with Gasteiger partial charge in [-0.25, -0.2) is 4.79 Å². The van der Waals surface area contributed by atoms with Crippen molar-refractivity contribution in [1.82, 2.24) is 9.55 Å². The van der Waals surface area contributed by atoms with Crippen LogP contribution in [-0.2, 0) is 30.3 Å². The summed E-state index contributed by atoms with van der Waals surface area (Å²) >= 11 is 5.66. The number of aliphatic hydroxyl groups is 1. The van der Waals surface area contributed by atoms with E-state index in [1.54, 1.807) is 0 Å². The van der Waals surface area contributed by atoms with Crippen LogP contribution >= 0.6 is 6.49 Å². The SMILES string of the molecule is CCOP(=S)(OCC)C1CC1[C@H]1O[C@@H](n2ccc(=O)[nH]c2=O)[C@@H](OC)C1O. The number of nitrogens with zero attached hydrogens (tertiary/aromatic N) is 1. The molecule has 2 heterocycles. The lowest BCUT2D eigenvalue weighted by Crippen LogP contribution is -2.38. The summed E-state index contributed by atoms with van der Waals surface area (Å²) in [5.41, 5.74) is -1.13. The third kappa shape index (κ3) is 3.98. The van der Waals surface area contributed by atoms with Gasteiger partial charge in [0.15, 0.2) is 12.7 Å². The topological polar surface area (TPSA) is 112 Å². The molecule has 0 aromatic carbocycles. The second kappa shape index (κ2) is 8.24. The summed E-state index contributed by atoms with van der Waals surface area (Å²) in [6.45, 7) is 2.21. The van der Waals surface area contributed by atoms with Crippen molar-refractivity contribution in [2.75, 3.05) is 20.3 Å². The summed E-state index contributed by atoms with van der Waals surface area (Å²) < 4.78 is 24.1. The third-order valence-corrected chi connectivity index (χ3v) is 8.99. The Morgan fingerprint density at radius 3 is 2.59 bits per heavy atom. The van der Waals surface area contributed by atoms with Crippen LogP contribution < -0.4 is 11.2 Å². The van der Waals surface area contributed by atoms with E-state index in [1.165, 1.54) is 23.9 Å². The Bertz CT molecular complexity index is 817. The van der Waals surface area contributed by atoms with E-state index in [0.717, 1.165) is 6.42 Å². The van der Waals surface area contributed by atoms with Gasteiger partial charge in [-0.05, 0) is 32.1 Å². The van der Waals surface area contributed by atoms with E-state index in [4.69, 9.17) is 30.3 Å². The van der Waals surface area contributed by atoms with Gasteiger partial charge >= 0.3 is 5.69 Å². The minimum atomic E-state index is -2.47. The molecule has 9 nitrogen and oxygen atoms in total. The van der Waals surface area contributed by atoms with E-state index in [2.05, 4.69) is 4.98 Å². The quantitative estimate of drug-likeness (QED) is 0.588. The van der Waals surface area contributed by atoms with Gasteiger partial charge in [-0.1, -0.05) is 0 Å². The Labute approximate surface area is 161 Å². The van der Waals surface area contributed by atoms with Gasteiger partial charge in [0.2, 0.25) is 0 Å². The smallest absolute Gasteiger partial charge is 0.330 e. The van der Waals surface area contributed by atoms with Gasteiger partial charge in [0.25, 0.3) is 5.56 Å². The lowest BCUT2D eigenvalue weighted by atomic mass is 10.1. The summed E-state index contributed by atoms with van der Waals surface area (Å²) in [5, 5.41) is 10.7. The van der Waals surface area contributed by atoms with Crippen molar-refractivity contribution >= 4 is 18.3 Å². The molecule has 6 atom stereocenters. The fourth-order valence-electron chi connectivity index (χ4n) is 3.64. The summed E-state index contributed by atoms with van der Waals surface area (Å²) in [6.07, 6.45) is -1.05. The highest BCUT2D eigenvalue weighted by Gasteiger charge is 2.60. The predicted octanol–water partition coefficient (Wildman–Crippen LogP) is 0.581. The zero-order valence-electron chi connectivity index (χ0n) is 15.4. The van der Waals surface area contributed by atoms with Crippen LogP contribution in [0.4, 0.5) is 0 Å².